The molecule has 0 aromatic carbocycles. The Morgan fingerprint density at radius 1 is 0.576 bits per heavy atom. The minimum atomic E-state index is -5.08. The first kappa shape index (κ1) is 56.8. The number of oxime groups is 1. The smallest absolute Gasteiger partial charge is 0.481 e. The molecule has 0 aliphatic carbocycles. The van der Waals surface area contributed by atoms with Gasteiger partial charge in [-0.2, -0.15) is 13.2 Å². The number of carbonyl (C=O) groups excluding carboxylic acids is 4. The molecule has 0 radical (unpaired) electrons. The molecule has 20 heteroatoms. The third-order valence-corrected chi connectivity index (χ3v) is 8.18. The Balaban J connectivity index is 0. The molecule has 0 rings (SSSR count). The Labute approximate surface area is 344 Å². The number of halogens is 3. The predicted octanol–water partition coefficient (Wildman–Crippen LogP) is 5.32. The van der Waals surface area contributed by atoms with Gasteiger partial charge in [-0.15, -0.1) is 0 Å². The standard InChI is InChI=1S/C37H66N4O11.C2HF3O2/c1-30(2)41-52-28-31(42)18-17-23-38-35(45)29-51-27-26-50-25-24-39-33(43)22-21-32(37(48)49)40-34(44)19-15-13-11-9-7-5-3-4-6-8-10-12-14-16-20-36(46)47;3-2(4,5)1(6)7/h32H,3-29H2,1-2H3,(H,38,45)(H,39,43)(H,40,44)(H,46,47)(H,48,49);(H,6,7)/t32-;/m0./s1. The molecule has 0 heterocycles. The molecule has 0 fully saturated rings. The lowest BCUT2D eigenvalue weighted by atomic mass is 10.0. The van der Waals surface area contributed by atoms with Crippen LogP contribution in [0.3, 0.4) is 0 Å². The largest absolute Gasteiger partial charge is 0.490 e. The molecule has 6 N–H and O–H groups in total. The minimum absolute atomic E-state index is 0.0189. The van der Waals surface area contributed by atoms with E-state index in [1.807, 2.05) is 0 Å². The van der Waals surface area contributed by atoms with Crippen LogP contribution in [0.5, 0.6) is 0 Å². The van der Waals surface area contributed by atoms with Crippen LogP contribution in [0.2, 0.25) is 0 Å². The Hall–Kier alpha value is -4.33. The van der Waals surface area contributed by atoms with E-state index in [4.69, 9.17) is 29.3 Å². The topological polar surface area (TPSA) is 256 Å². The van der Waals surface area contributed by atoms with Crippen molar-refractivity contribution < 1.29 is 76.4 Å². The highest BCUT2D eigenvalue weighted by Crippen LogP contribution is 2.14. The van der Waals surface area contributed by atoms with Crippen LogP contribution in [0.4, 0.5) is 13.2 Å². The number of hydrogen-bond acceptors (Lipinski definition) is 11. The summed E-state index contributed by atoms with van der Waals surface area (Å²) in [6.45, 7) is 4.45. The summed E-state index contributed by atoms with van der Waals surface area (Å²) in [7, 11) is 0. The van der Waals surface area contributed by atoms with Crippen LogP contribution in [0.15, 0.2) is 5.16 Å². The molecular weight excluding hydrogens is 789 g/mol. The Morgan fingerprint density at radius 3 is 1.56 bits per heavy atom. The van der Waals surface area contributed by atoms with Crippen molar-refractivity contribution in [1.82, 2.24) is 16.0 Å². The van der Waals surface area contributed by atoms with Crippen molar-refractivity contribution >= 4 is 47.1 Å². The molecule has 0 unspecified atom stereocenters. The van der Waals surface area contributed by atoms with Gasteiger partial charge in [0.15, 0.2) is 12.4 Å². The molecule has 3 amide bonds. The molecule has 0 spiro atoms. The van der Waals surface area contributed by atoms with Crippen LogP contribution < -0.4 is 16.0 Å². The molecule has 0 bridgehead atoms. The van der Waals surface area contributed by atoms with E-state index in [9.17, 15) is 47.0 Å². The number of nitrogens with one attached hydrogen (secondary N) is 3. The zero-order valence-electron chi connectivity index (χ0n) is 34.7. The highest BCUT2D eigenvalue weighted by Gasteiger charge is 2.38. The summed E-state index contributed by atoms with van der Waals surface area (Å²) in [6.07, 6.45) is 11.2. The van der Waals surface area contributed by atoms with Gasteiger partial charge in [-0.05, 0) is 39.5 Å². The molecule has 59 heavy (non-hydrogen) atoms. The number of Topliss-reactive ketones (excluding diaryl/α,β-unsaturated/α-hetero) is 1. The highest BCUT2D eigenvalue weighted by atomic mass is 19.4. The molecule has 0 saturated heterocycles. The molecular formula is C39H67F3N4O13. The summed E-state index contributed by atoms with van der Waals surface area (Å²) in [4.78, 5) is 83.7. The van der Waals surface area contributed by atoms with E-state index in [-0.39, 0.29) is 95.2 Å². The maximum Gasteiger partial charge on any atom is 0.490 e. The first-order valence-corrected chi connectivity index (χ1v) is 20.3. The summed E-state index contributed by atoms with van der Waals surface area (Å²) in [6, 6.07) is -1.13. The van der Waals surface area contributed by atoms with Gasteiger partial charge in [0.2, 0.25) is 17.7 Å². The Kier molecular flexibility index (Phi) is 36.5. The molecule has 0 aromatic rings. The van der Waals surface area contributed by atoms with Crippen LogP contribution in [0.1, 0.15) is 142 Å². The second-order valence-electron chi connectivity index (χ2n) is 14.0. The number of carboxylic acids is 3. The van der Waals surface area contributed by atoms with E-state index in [1.54, 1.807) is 13.8 Å². The fourth-order valence-electron chi connectivity index (χ4n) is 5.09. The number of amides is 3. The van der Waals surface area contributed by atoms with Gasteiger partial charge in [0.05, 0.1) is 25.5 Å². The number of unbranched alkanes of at least 4 members (excludes halogenated alkanes) is 13. The van der Waals surface area contributed by atoms with Gasteiger partial charge in [0.25, 0.3) is 0 Å². The SMILES string of the molecule is CC(C)=NOCC(=O)CCCNC(=O)COCCOCCNC(=O)CC[C@H](NC(=O)CCCCCCCCCCCCCCCCC(=O)O)C(=O)O.O=C(O)C(F)(F)F. The van der Waals surface area contributed by atoms with Crippen LogP contribution in [0.25, 0.3) is 0 Å². The van der Waals surface area contributed by atoms with Gasteiger partial charge >= 0.3 is 24.1 Å². The lowest BCUT2D eigenvalue weighted by Crippen LogP contribution is -2.41. The normalized spacial score (nSPS) is 11.3. The highest BCUT2D eigenvalue weighted by molar-refractivity contribution is 5.84. The molecule has 0 aromatic heterocycles. The van der Waals surface area contributed by atoms with Gasteiger partial charge in [-0.1, -0.05) is 82.2 Å². The zero-order valence-corrected chi connectivity index (χ0v) is 34.7. The van der Waals surface area contributed by atoms with E-state index in [0.29, 0.717) is 19.4 Å². The third kappa shape index (κ3) is 43.1. The van der Waals surface area contributed by atoms with Gasteiger partial charge < -0.3 is 45.6 Å². The number of carboxylic acid groups (broad SMARTS) is 3. The van der Waals surface area contributed by atoms with Gasteiger partial charge in [0.1, 0.15) is 12.6 Å². The Bertz CT molecular complexity index is 1230. The molecule has 342 valence electrons. The van der Waals surface area contributed by atoms with Crippen molar-refractivity contribution in [3.63, 3.8) is 0 Å². The number of carbonyl (C=O) groups is 7. The van der Waals surface area contributed by atoms with Gasteiger partial charge in [0, 0.05) is 38.8 Å². The van der Waals surface area contributed by atoms with E-state index in [2.05, 4.69) is 21.1 Å². The van der Waals surface area contributed by atoms with Gasteiger partial charge in [-0.25, -0.2) is 9.59 Å². The van der Waals surface area contributed by atoms with Crippen molar-refractivity contribution in [2.75, 3.05) is 46.1 Å². The van der Waals surface area contributed by atoms with E-state index < -0.39 is 30.1 Å². The van der Waals surface area contributed by atoms with Crippen molar-refractivity contribution in [2.24, 2.45) is 5.16 Å². The first-order valence-electron chi connectivity index (χ1n) is 20.3. The van der Waals surface area contributed by atoms with E-state index in [0.717, 1.165) is 44.2 Å². The zero-order chi connectivity index (χ0) is 44.7. The lowest BCUT2D eigenvalue weighted by Gasteiger charge is -2.14. The summed E-state index contributed by atoms with van der Waals surface area (Å²) >= 11 is 0. The van der Waals surface area contributed by atoms with Crippen LogP contribution in [-0.4, -0.2) is 121 Å². The van der Waals surface area contributed by atoms with Crippen LogP contribution in [-0.2, 0) is 47.9 Å². The number of hydrogen-bond donors (Lipinski definition) is 6. The third-order valence-electron chi connectivity index (χ3n) is 8.18. The maximum absolute atomic E-state index is 12.3. The second kappa shape index (κ2) is 37.9. The Morgan fingerprint density at radius 2 is 1.07 bits per heavy atom. The summed E-state index contributed by atoms with van der Waals surface area (Å²) in [5, 5.41) is 36.8. The quantitative estimate of drug-likeness (QED) is 0.0263. The average molecular weight is 857 g/mol. The van der Waals surface area contributed by atoms with Crippen molar-refractivity contribution in [1.29, 1.82) is 0 Å². The second-order valence-corrected chi connectivity index (χ2v) is 14.0. The van der Waals surface area contributed by atoms with Crippen LogP contribution >= 0.6 is 0 Å². The van der Waals surface area contributed by atoms with Crippen molar-refractivity contribution in [2.45, 2.75) is 154 Å². The monoisotopic (exact) mass is 856 g/mol. The number of ketones is 1. The number of rotatable bonds is 37. The van der Waals surface area contributed by atoms with E-state index in [1.165, 1.54) is 44.9 Å². The molecule has 1 atom stereocenters. The van der Waals surface area contributed by atoms with Crippen LogP contribution in [0, 0.1) is 0 Å². The minimum Gasteiger partial charge on any atom is -0.481 e. The van der Waals surface area contributed by atoms with E-state index >= 15 is 0 Å². The number of nitrogens with zero attached hydrogens (tertiary/aromatic N) is 1. The molecule has 0 aliphatic rings. The molecule has 0 aliphatic heterocycles. The maximum atomic E-state index is 12.3. The summed E-state index contributed by atoms with van der Waals surface area (Å²) in [5.41, 5.74) is 0.721. The average Bonchev–Trinajstić information content (AvgIpc) is 3.15. The number of ether oxygens (including phenoxy) is 2. The first-order chi connectivity index (χ1) is 27.9. The summed E-state index contributed by atoms with van der Waals surface area (Å²) < 4.78 is 42.4. The lowest BCUT2D eigenvalue weighted by molar-refractivity contribution is -0.192. The fraction of sp³-hybridized carbons (Fsp3) is 0.795. The molecule has 0 saturated carbocycles. The van der Waals surface area contributed by atoms with Crippen molar-refractivity contribution in [3.8, 4) is 0 Å². The number of aliphatic carboxylic acids is 3. The number of alkyl halides is 3. The van der Waals surface area contributed by atoms with Gasteiger partial charge in [-0.3, -0.25) is 24.0 Å². The fourth-order valence-corrected chi connectivity index (χ4v) is 5.09. The predicted molar refractivity (Wildman–Crippen MR) is 211 cm³/mol. The van der Waals surface area contributed by atoms with Crippen molar-refractivity contribution in [3.05, 3.63) is 0 Å². The molecule has 17 nitrogen and oxygen atoms in total. The summed E-state index contributed by atoms with van der Waals surface area (Å²) in [5.74, 6) is -5.73.